The molecule has 0 atom stereocenters. The number of halogens is 1. The molecule has 0 saturated heterocycles. The van der Waals surface area contributed by atoms with E-state index in [0.717, 1.165) is 11.3 Å². The number of nitrogens with two attached hydrogens (primary N) is 1. The Morgan fingerprint density at radius 2 is 2.06 bits per heavy atom. The van der Waals surface area contributed by atoms with Crippen LogP contribution in [0.2, 0.25) is 5.02 Å². The third kappa shape index (κ3) is 1.82. The molecule has 2 aromatic rings. The van der Waals surface area contributed by atoms with E-state index in [2.05, 4.69) is 9.97 Å². The SMILES string of the molecule is Cc1cc(N)nc(-c2cc(Cl)c3c(c2)OCO3)n1. The molecule has 0 radical (unpaired) electrons. The zero-order valence-electron chi connectivity index (χ0n) is 9.61. The molecule has 3 rings (SSSR count). The Kier molecular flexibility index (Phi) is 2.48. The second-order valence-electron chi connectivity index (χ2n) is 3.95. The van der Waals surface area contributed by atoms with E-state index in [9.17, 15) is 0 Å². The number of hydrogen-bond acceptors (Lipinski definition) is 5. The van der Waals surface area contributed by atoms with Crippen molar-refractivity contribution in [2.75, 3.05) is 12.5 Å². The highest BCUT2D eigenvalue weighted by Gasteiger charge is 2.19. The van der Waals surface area contributed by atoms with Crippen LogP contribution in [0.25, 0.3) is 11.4 Å². The summed E-state index contributed by atoms with van der Waals surface area (Å²) < 4.78 is 10.6. The first-order valence-corrected chi connectivity index (χ1v) is 5.72. The van der Waals surface area contributed by atoms with Crippen LogP contribution in [-0.4, -0.2) is 16.8 Å². The van der Waals surface area contributed by atoms with Crippen molar-refractivity contribution in [2.45, 2.75) is 6.92 Å². The van der Waals surface area contributed by atoms with Gasteiger partial charge < -0.3 is 15.2 Å². The van der Waals surface area contributed by atoms with Gasteiger partial charge in [-0.05, 0) is 19.1 Å². The van der Waals surface area contributed by atoms with E-state index < -0.39 is 0 Å². The normalized spacial score (nSPS) is 12.8. The number of hydrogen-bond donors (Lipinski definition) is 1. The minimum Gasteiger partial charge on any atom is -0.454 e. The lowest BCUT2D eigenvalue weighted by Crippen LogP contribution is -1.97. The minimum atomic E-state index is 0.176. The van der Waals surface area contributed by atoms with Crippen LogP contribution in [0.3, 0.4) is 0 Å². The van der Waals surface area contributed by atoms with Gasteiger partial charge >= 0.3 is 0 Å². The number of rotatable bonds is 1. The molecule has 6 heteroatoms. The Labute approximate surface area is 109 Å². The van der Waals surface area contributed by atoms with Gasteiger partial charge in [0.1, 0.15) is 5.82 Å². The van der Waals surface area contributed by atoms with Crippen LogP contribution in [-0.2, 0) is 0 Å². The maximum Gasteiger partial charge on any atom is 0.231 e. The fourth-order valence-corrected chi connectivity index (χ4v) is 2.08. The molecule has 92 valence electrons. The van der Waals surface area contributed by atoms with E-state index >= 15 is 0 Å². The highest BCUT2D eigenvalue weighted by molar-refractivity contribution is 6.32. The average Bonchev–Trinajstić information content (AvgIpc) is 2.76. The highest BCUT2D eigenvalue weighted by Crippen LogP contribution is 2.41. The van der Waals surface area contributed by atoms with Crippen LogP contribution < -0.4 is 15.2 Å². The van der Waals surface area contributed by atoms with Crippen molar-refractivity contribution in [3.05, 3.63) is 28.9 Å². The molecule has 0 saturated carbocycles. The molecule has 0 unspecified atom stereocenters. The molecule has 0 aliphatic carbocycles. The first kappa shape index (κ1) is 11.1. The van der Waals surface area contributed by atoms with E-state index in [4.69, 9.17) is 26.8 Å². The molecule has 0 spiro atoms. The zero-order valence-corrected chi connectivity index (χ0v) is 10.4. The first-order valence-electron chi connectivity index (χ1n) is 5.34. The summed E-state index contributed by atoms with van der Waals surface area (Å²) in [5, 5.41) is 0.476. The van der Waals surface area contributed by atoms with Gasteiger partial charge in [0.05, 0.1) is 5.02 Å². The van der Waals surface area contributed by atoms with Crippen LogP contribution in [0.1, 0.15) is 5.69 Å². The van der Waals surface area contributed by atoms with Gasteiger partial charge in [0.25, 0.3) is 0 Å². The van der Waals surface area contributed by atoms with Crippen molar-refractivity contribution in [1.82, 2.24) is 9.97 Å². The summed E-state index contributed by atoms with van der Waals surface area (Å²) in [7, 11) is 0. The molecular formula is C12H10ClN3O2. The topological polar surface area (TPSA) is 70.3 Å². The molecule has 1 aromatic heterocycles. The van der Waals surface area contributed by atoms with Crippen LogP contribution in [0, 0.1) is 6.92 Å². The Bertz CT molecular complexity index is 611. The van der Waals surface area contributed by atoms with E-state index in [0.29, 0.717) is 28.2 Å². The van der Waals surface area contributed by atoms with Crippen molar-refractivity contribution in [3.8, 4) is 22.9 Å². The summed E-state index contributed by atoms with van der Waals surface area (Å²) in [6, 6.07) is 5.24. The Balaban J connectivity index is 2.15. The van der Waals surface area contributed by atoms with Crippen LogP contribution in [0.15, 0.2) is 18.2 Å². The molecule has 1 aliphatic heterocycles. The minimum absolute atomic E-state index is 0.176. The lowest BCUT2D eigenvalue weighted by atomic mass is 10.2. The third-order valence-electron chi connectivity index (χ3n) is 2.56. The first-order chi connectivity index (χ1) is 8.63. The summed E-state index contributed by atoms with van der Waals surface area (Å²) >= 11 is 6.11. The monoisotopic (exact) mass is 263 g/mol. The van der Waals surface area contributed by atoms with Crippen molar-refractivity contribution in [2.24, 2.45) is 0 Å². The third-order valence-corrected chi connectivity index (χ3v) is 2.84. The van der Waals surface area contributed by atoms with E-state index in [1.807, 2.05) is 6.92 Å². The molecular weight excluding hydrogens is 254 g/mol. The molecule has 2 heterocycles. The quantitative estimate of drug-likeness (QED) is 0.856. The fourth-order valence-electron chi connectivity index (χ4n) is 1.82. The summed E-state index contributed by atoms with van der Waals surface area (Å²) in [5.41, 5.74) is 7.25. The second-order valence-corrected chi connectivity index (χ2v) is 4.36. The summed E-state index contributed by atoms with van der Waals surface area (Å²) in [5.74, 6) is 2.10. The molecule has 5 nitrogen and oxygen atoms in total. The highest BCUT2D eigenvalue weighted by atomic mass is 35.5. The second kappa shape index (κ2) is 4.03. The van der Waals surface area contributed by atoms with Crippen molar-refractivity contribution in [1.29, 1.82) is 0 Å². The number of fused-ring (bicyclic) bond motifs is 1. The standard InChI is InChI=1S/C12H10ClN3O2/c1-6-2-10(14)16-12(15-6)7-3-8(13)11-9(4-7)17-5-18-11/h2-4H,5H2,1H3,(H2,14,15,16). The molecule has 0 bridgehead atoms. The van der Waals surface area contributed by atoms with Gasteiger partial charge in [-0.3, -0.25) is 0 Å². The van der Waals surface area contributed by atoms with E-state index in [1.54, 1.807) is 18.2 Å². The maximum atomic E-state index is 6.11. The summed E-state index contributed by atoms with van der Waals surface area (Å²) in [6.07, 6.45) is 0. The van der Waals surface area contributed by atoms with Gasteiger partial charge in [-0.2, -0.15) is 0 Å². The van der Waals surface area contributed by atoms with Crippen molar-refractivity contribution >= 4 is 17.4 Å². The van der Waals surface area contributed by atoms with Gasteiger partial charge in [-0.25, -0.2) is 9.97 Å². The van der Waals surface area contributed by atoms with E-state index in [1.165, 1.54) is 0 Å². The Hall–Kier alpha value is -2.01. The number of aryl methyl sites for hydroxylation is 1. The molecule has 2 N–H and O–H groups in total. The molecule has 1 aromatic carbocycles. The lowest BCUT2D eigenvalue weighted by molar-refractivity contribution is 0.174. The maximum absolute atomic E-state index is 6.11. The Morgan fingerprint density at radius 3 is 2.83 bits per heavy atom. The number of benzene rings is 1. The number of aromatic nitrogens is 2. The molecule has 0 amide bonds. The van der Waals surface area contributed by atoms with Gasteiger partial charge in [-0.1, -0.05) is 11.6 Å². The zero-order chi connectivity index (χ0) is 12.7. The molecule has 1 aliphatic rings. The molecule has 18 heavy (non-hydrogen) atoms. The number of nitrogen functional groups attached to an aromatic ring is 1. The summed E-state index contributed by atoms with van der Waals surface area (Å²) in [4.78, 5) is 8.51. The van der Waals surface area contributed by atoms with Gasteiger partial charge in [0, 0.05) is 17.3 Å². The number of nitrogens with zero attached hydrogens (tertiary/aromatic N) is 2. The van der Waals surface area contributed by atoms with Gasteiger partial charge in [0.15, 0.2) is 17.3 Å². The summed E-state index contributed by atoms with van der Waals surface area (Å²) in [6.45, 7) is 2.03. The van der Waals surface area contributed by atoms with Gasteiger partial charge in [-0.15, -0.1) is 0 Å². The van der Waals surface area contributed by atoms with Crippen molar-refractivity contribution < 1.29 is 9.47 Å². The van der Waals surface area contributed by atoms with Crippen LogP contribution in [0.4, 0.5) is 5.82 Å². The predicted molar refractivity (Wildman–Crippen MR) is 67.8 cm³/mol. The number of ether oxygens (including phenoxy) is 2. The number of anilines is 1. The van der Waals surface area contributed by atoms with Gasteiger partial charge in [0.2, 0.25) is 6.79 Å². The average molecular weight is 264 g/mol. The Morgan fingerprint density at radius 1 is 1.22 bits per heavy atom. The van der Waals surface area contributed by atoms with E-state index in [-0.39, 0.29) is 6.79 Å². The smallest absolute Gasteiger partial charge is 0.231 e. The van der Waals surface area contributed by atoms with Crippen LogP contribution >= 0.6 is 11.6 Å². The largest absolute Gasteiger partial charge is 0.454 e. The predicted octanol–water partition coefficient (Wildman–Crippen LogP) is 2.42. The van der Waals surface area contributed by atoms with Crippen molar-refractivity contribution in [3.63, 3.8) is 0 Å². The lowest BCUT2D eigenvalue weighted by Gasteiger charge is -2.05. The fraction of sp³-hybridized carbons (Fsp3) is 0.167. The molecule has 0 fully saturated rings. The van der Waals surface area contributed by atoms with Crippen LogP contribution in [0.5, 0.6) is 11.5 Å².